The lowest BCUT2D eigenvalue weighted by Gasteiger charge is -2.33. The second kappa shape index (κ2) is 7.42. The minimum atomic E-state index is -0.246. The Hall–Kier alpha value is -2.02. The molecule has 4 nitrogen and oxygen atoms in total. The molecule has 0 spiro atoms. The van der Waals surface area contributed by atoms with Crippen LogP contribution in [0.15, 0.2) is 30.3 Å². The number of nitriles is 1. The Balaban J connectivity index is 2.91. The van der Waals surface area contributed by atoms with E-state index < -0.39 is 0 Å². The van der Waals surface area contributed by atoms with E-state index >= 15 is 0 Å². The lowest BCUT2D eigenvalue weighted by atomic mass is 10.0. The van der Waals surface area contributed by atoms with E-state index in [1.54, 1.807) is 0 Å². The summed E-state index contributed by atoms with van der Waals surface area (Å²) in [4.78, 5) is 13.7. The molecule has 0 fully saturated rings. The average molecular weight is 260 g/mol. The van der Waals surface area contributed by atoms with Crippen molar-refractivity contribution in [2.45, 2.75) is 26.3 Å². The van der Waals surface area contributed by atoms with Gasteiger partial charge in [0.05, 0.1) is 25.5 Å². The van der Waals surface area contributed by atoms with Gasteiger partial charge in [-0.15, -0.1) is 0 Å². The van der Waals surface area contributed by atoms with Crippen molar-refractivity contribution in [3.05, 3.63) is 30.3 Å². The van der Waals surface area contributed by atoms with E-state index in [0.29, 0.717) is 13.0 Å². The van der Waals surface area contributed by atoms with E-state index in [2.05, 4.69) is 11.0 Å². The summed E-state index contributed by atoms with van der Waals surface area (Å²) < 4.78 is 4.79. The maximum atomic E-state index is 11.6. The highest BCUT2D eigenvalue weighted by Gasteiger charge is 2.26. The number of rotatable bonds is 6. The number of hydrogen-bond donors (Lipinski definition) is 0. The van der Waals surface area contributed by atoms with Crippen LogP contribution in [0.3, 0.4) is 0 Å². The van der Waals surface area contributed by atoms with E-state index in [1.807, 2.05) is 44.2 Å². The third-order valence-corrected chi connectivity index (χ3v) is 3.34. The number of carbonyl (C=O) groups is 1. The van der Waals surface area contributed by atoms with Crippen molar-refractivity contribution >= 4 is 11.7 Å². The summed E-state index contributed by atoms with van der Waals surface area (Å²) in [5.74, 6) is -0.478. The van der Waals surface area contributed by atoms with Crippen molar-refractivity contribution in [3.63, 3.8) is 0 Å². The molecular weight excluding hydrogens is 240 g/mol. The molecule has 4 heteroatoms. The molecular formula is C15H20N2O2. The van der Waals surface area contributed by atoms with Gasteiger partial charge in [0, 0.05) is 18.3 Å². The molecule has 0 aliphatic rings. The molecule has 19 heavy (non-hydrogen) atoms. The molecule has 1 aromatic carbocycles. The zero-order valence-electron chi connectivity index (χ0n) is 11.7. The highest BCUT2D eigenvalue weighted by molar-refractivity contribution is 5.73. The van der Waals surface area contributed by atoms with Gasteiger partial charge >= 0.3 is 5.97 Å². The Morgan fingerprint density at radius 1 is 1.37 bits per heavy atom. The number of ether oxygens (including phenoxy) is 1. The van der Waals surface area contributed by atoms with Gasteiger partial charge in [0.25, 0.3) is 0 Å². The van der Waals surface area contributed by atoms with Crippen LogP contribution >= 0.6 is 0 Å². The van der Waals surface area contributed by atoms with Crippen LogP contribution in [0.1, 0.15) is 20.3 Å². The van der Waals surface area contributed by atoms with E-state index in [4.69, 9.17) is 10.00 Å². The number of nitrogens with zero attached hydrogens (tertiary/aromatic N) is 2. The Morgan fingerprint density at radius 2 is 2.00 bits per heavy atom. The van der Waals surface area contributed by atoms with Crippen LogP contribution < -0.4 is 4.90 Å². The molecule has 0 N–H and O–H groups in total. The normalized spacial score (nSPS) is 13.2. The van der Waals surface area contributed by atoms with Gasteiger partial charge in [0.15, 0.2) is 0 Å². The van der Waals surface area contributed by atoms with Gasteiger partial charge in [-0.1, -0.05) is 18.2 Å². The molecule has 0 aliphatic heterocycles. The van der Waals surface area contributed by atoms with Gasteiger partial charge < -0.3 is 9.64 Å². The van der Waals surface area contributed by atoms with Gasteiger partial charge in [-0.05, 0) is 26.0 Å². The molecule has 0 amide bonds. The van der Waals surface area contributed by atoms with Crippen LogP contribution in [0.4, 0.5) is 5.69 Å². The maximum absolute atomic E-state index is 11.6. The minimum Gasteiger partial charge on any atom is -0.469 e. The summed E-state index contributed by atoms with van der Waals surface area (Å²) in [6.07, 6.45) is 0.424. The smallest absolute Gasteiger partial charge is 0.310 e. The fourth-order valence-electron chi connectivity index (χ4n) is 2.01. The molecule has 1 aromatic rings. The predicted molar refractivity (Wildman–Crippen MR) is 74.7 cm³/mol. The summed E-state index contributed by atoms with van der Waals surface area (Å²) in [6, 6.07) is 11.9. The van der Waals surface area contributed by atoms with Gasteiger partial charge in [-0.25, -0.2) is 0 Å². The third kappa shape index (κ3) is 3.99. The van der Waals surface area contributed by atoms with Crippen molar-refractivity contribution < 1.29 is 9.53 Å². The second-order valence-electron chi connectivity index (χ2n) is 4.49. The monoisotopic (exact) mass is 260 g/mol. The summed E-state index contributed by atoms with van der Waals surface area (Å²) in [6.45, 7) is 4.42. The molecule has 1 rings (SSSR count). The lowest BCUT2D eigenvalue weighted by Crippen LogP contribution is -2.41. The second-order valence-corrected chi connectivity index (χ2v) is 4.49. The van der Waals surface area contributed by atoms with E-state index in [9.17, 15) is 4.79 Å². The average Bonchev–Trinajstić information content (AvgIpc) is 2.46. The quantitative estimate of drug-likeness (QED) is 0.738. The van der Waals surface area contributed by atoms with Crippen molar-refractivity contribution in [3.8, 4) is 6.07 Å². The van der Waals surface area contributed by atoms with E-state index in [1.165, 1.54) is 7.11 Å². The number of methoxy groups -OCH3 is 1. The van der Waals surface area contributed by atoms with Crippen molar-refractivity contribution in [2.75, 3.05) is 18.6 Å². The number of hydrogen-bond acceptors (Lipinski definition) is 4. The zero-order chi connectivity index (χ0) is 14.3. The van der Waals surface area contributed by atoms with Crippen LogP contribution in [0.25, 0.3) is 0 Å². The van der Waals surface area contributed by atoms with Crippen LogP contribution in [0.5, 0.6) is 0 Å². The number of anilines is 1. The first-order valence-corrected chi connectivity index (χ1v) is 6.38. The molecule has 2 unspecified atom stereocenters. The first kappa shape index (κ1) is 15.0. The van der Waals surface area contributed by atoms with Crippen molar-refractivity contribution in [1.82, 2.24) is 0 Å². The van der Waals surface area contributed by atoms with Gasteiger partial charge in [0.1, 0.15) is 0 Å². The van der Waals surface area contributed by atoms with E-state index in [0.717, 1.165) is 5.69 Å². The highest BCUT2D eigenvalue weighted by Crippen LogP contribution is 2.21. The molecule has 0 radical (unpaired) electrons. The van der Waals surface area contributed by atoms with Crippen LogP contribution in [0.2, 0.25) is 0 Å². The molecule has 0 aromatic heterocycles. The molecule has 102 valence electrons. The van der Waals surface area contributed by atoms with Gasteiger partial charge in [-0.3, -0.25) is 4.79 Å². The summed E-state index contributed by atoms with van der Waals surface area (Å²) in [5, 5.41) is 8.77. The molecule has 2 atom stereocenters. The minimum absolute atomic E-state index is 0.0248. The third-order valence-electron chi connectivity index (χ3n) is 3.34. The van der Waals surface area contributed by atoms with Crippen molar-refractivity contribution in [2.24, 2.45) is 5.92 Å². The first-order valence-electron chi connectivity index (χ1n) is 6.38. The maximum Gasteiger partial charge on any atom is 0.310 e. The Morgan fingerprint density at radius 3 is 2.53 bits per heavy atom. The highest BCUT2D eigenvalue weighted by atomic mass is 16.5. The summed E-state index contributed by atoms with van der Waals surface area (Å²) in [7, 11) is 1.40. The van der Waals surface area contributed by atoms with Crippen LogP contribution in [0, 0.1) is 17.2 Å². The molecule has 0 saturated carbocycles. The topological polar surface area (TPSA) is 53.3 Å². The predicted octanol–water partition coefficient (Wildman–Crippen LogP) is 2.60. The number of esters is 1. The first-order chi connectivity index (χ1) is 9.11. The van der Waals surface area contributed by atoms with Crippen LogP contribution in [-0.2, 0) is 9.53 Å². The molecule has 0 bridgehead atoms. The molecule has 0 saturated heterocycles. The van der Waals surface area contributed by atoms with E-state index in [-0.39, 0.29) is 17.9 Å². The Kier molecular flexibility index (Phi) is 5.87. The van der Waals surface area contributed by atoms with Gasteiger partial charge in [-0.2, -0.15) is 5.26 Å². The fourth-order valence-corrected chi connectivity index (χ4v) is 2.01. The lowest BCUT2D eigenvalue weighted by molar-refractivity contribution is -0.145. The summed E-state index contributed by atoms with van der Waals surface area (Å²) in [5.41, 5.74) is 1.01. The number of para-hydroxylation sites is 1. The fraction of sp³-hybridized carbons (Fsp3) is 0.467. The number of carbonyl (C=O) groups excluding carboxylic acids is 1. The standard InChI is InChI=1S/C15H20N2O2/c1-12(15(18)19-3)13(2)17(11-7-10-16)14-8-5-4-6-9-14/h4-6,8-9,12-13H,7,11H2,1-3H3. The number of benzene rings is 1. The Labute approximate surface area is 114 Å². The zero-order valence-corrected chi connectivity index (χ0v) is 11.7. The van der Waals surface area contributed by atoms with Crippen LogP contribution in [-0.4, -0.2) is 25.7 Å². The largest absolute Gasteiger partial charge is 0.469 e. The molecule has 0 heterocycles. The van der Waals surface area contributed by atoms with Crippen molar-refractivity contribution in [1.29, 1.82) is 5.26 Å². The Bertz CT molecular complexity index is 439. The molecule has 0 aliphatic carbocycles. The summed E-state index contributed by atoms with van der Waals surface area (Å²) >= 11 is 0. The van der Waals surface area contributed by atoms with Gasteiger partial charge in [0.2, 0.25) is 0 Å². The SMILES string of the molecule is COC(=O)C(C)C(C)N(CCC#N)c1ccccc1.